The number of nitrogens with one attached hydrogen (secondary N) is 1. The Balaban J connectivity index is 1.71. The van der Waals surface area contributed by atoms with Gasteiger partial charge in [0, 0.05) is 7.05 Å². The van der Waals surface area contributed by atoms with Gasteiger partial charge in [0.2, 0.25) is 0 Å². The number of carbonyl (C=O) groups is 3. The van der Waals surface area contributed by atoms with Crippen LogP contribution in [0.3, 0.4) is 0 Å². The summed E-state index contributed by atoms with van der Waals surface area (Å²) in [4.78, 5) is 40.1. The molecule has 0 radical (unpaired) electrons. The van der Waals surface area contributed by atoms with E-state index in [1.165, 1.54) is 0 Å². The molecule has 6 heteroatoms. The van der Waals surface area contributed by atoms with E-state index in [0.717, 1.165) is 43.5 Å². The Hall–Kier alpha value is -1.43. The Labute approximate surface area is 131 Å². The summed E-state index contributed by atoms with van der Waals surface area (Å²) in [7, 11) is 1.69. The lowest BCUT2D eigenvalue weighted by molar-refractivity contribution is -0.133. The fraction of sp³-hybridized carbons (Fsp3) is 0.812. The highest BCUT2D eigenvalue weighted by Crippen LogP contribution is 2.38. The molecule has 3 fully saturated rings. The van der Waals surface area contributed by atoms with Crippen LogP contribution in [0.25, 0.3) is 0 Å². The summed E-state index contributed by atoms with van der Waals surface area (Å²) in [6.45, 7) is 2.90. The van der Waals surface area contributed by atoms with Crippen LogP contribution in [0.15, 0.2) is 0 Å². The molecule has 0 spiro atoms. The van der Waals surface area contributed by atoms with Crippen LogP contribution in [0.2, 0.25) is 0 Å². The quantitative estimate of drug-likeness (QED) is 0.787. The minimum atomic E-state index is -0.380. The molecule has 3 amide bonds. The van der Waals surface area contributed by atoms with E-state index in [0.29, 0.717) is 5.92 Å². The lowest BCUT2D eigenvalue weighted by Crippen LogP contribution is -2.43. The van der Waals surface area contributed by atoms with Gasteiger partial charge in [0.15, 0.2) is 5.78 Å². The summed E-state index contributed by atoms with van der Waals surface area (Å²) in [6.07, 6.45) is 4.99. The monoisotopic (exact) mass is 307 g/mol. The Morgan fingerprint density at radius 2 is 2.00 bits per heavy atom. The summed E-state index contributed by atoms with van der Waals surface area (Å²) in [5.74, 6) is 0.452. The number of imide groups is 1. The van der Waals surface area contributed by atoms with Crippen LogP contribution in [0.5, 0.6) is 0 Å². The second kappa shape index (κ2) is 5.99. The highest BCUT2D eigenvalue weighted by atomic mass is 16.2. The Kier molecular flexibility index (Phi) is 4.21. The van der Waals surface area contributed by atoms with Crippen molar-refractivity contribution in [1.29, 1.82) is 0 Å². The van der Waals surface area contributed by atoms with Gasteiger partial charge in [0.1, 0.15) is 6.04 Å². The molecule has 4 unspecified atom stereocenters. The van der Waals surface area contributed by atoms with E-state index in [1.807, 2.05) is 0 Å². The summed E-state index contributed by atoms with van der Waals surface area (Å²) >= 11 is 0. The average Bonchev–Trinajstić information content (AvgIpc) is 3.19. The van der Waals surface area contributed by atoms with Crippen LogP contribution < -0.4 is 5.32 Å². The van der Waals surface area contributed by atoms with Gasteiger partial charge in [0.25, 0.3) is 5.91 Å². The second-order valence-electron chi connectivity index (χ2n) is 6.95. The number of hydrogen-bond donors (Lipinski definition) is 1. The molecule has 0 aromatic carbocycles. The molecule has 2 saturated heterocycles. The van der Waals surface area contributed by atoms with Crippen molar-refractivity contribution in [1.82, 2.24) is 15.1 Å². The van der Waals surface area contributed by atoms with Crippen molar-refractivity contribution in [3.8, 4) is 0 Å². The molecule has 1 saturated carbocycles. The molecule has 122 valence electrons. The van der Waals surface area contributed by atoms with E-state index < -0.39 is 0 Å². The fourth-order valence-electron chi connectivity index (χ4n) is 4.21. The SMILES string of the molecule is CC1CCCC1C1C(=O)N(CC(=O)C2CCCN2)C(=O)N1C. The number of ketones is 1. The maximum absolute atomic E-state index is 12.7. The van der Waals surface area contributed by atoms with Crippen LogP contribution >= 0.6 is 0 Å². The number of amides is 3. The second-order valence-corrected chi connectivity index (χ2v) is 6.95. The minimum Gasteiger partial charge on any atom is -0.315 e. The molecule has 3 aliphatic rings. The highest BCUT2D eigenvalue weighted by Gasteiger charge is 2.49. The molecule has 2 heterocycles. The fourth-order valence-corrected chi connectivity index (χ4v) is 4.21. The first-order valence-electron chi connectivity index (χ1n) is 8.35. The Morgan fingerprint density at radius 1 is 1.23 bits per heavy atom. The van der Waals surface area contributed by atoms with Crippen molar-refractivity contribution in [2.24, 2.45) is 11.8 Å². The predicted molar refractivity (Wildman–Crippen MR) is 81.2 cm³/mol. The van der Waals surface area contributed by atoms with Gasteiger partial charge in [-0.25, -0.2) is 4.79 Å². The Bertz CT molecular complexity index is 487. The van der Waals surface area contributed by atoms with Crippen LogP contribution in [0.1, 0.15) is 39.0 Å². The standard InChI is InChI=1S/C16H25N3O3/c1-10-5-3-6-11(10)14-15(21)19(16(22)18(14)2)9-13(20)12-7-4-8-17-12/h10-12,14,17H,3-9H2,1-2H3. The van der Waals surface area contributed by atoms with E-state index in [2.05, 4.69) is 12.2 Å². The van der Waals surface area contributed by atoms with E-state index in [1.54, 1.807) is 11.9 Å². The number of Topliss-reactive ketones (excluding diaryl/α,β-unsaturated/α-hetero) is 1. The molecule has 0 bridgehead atoms. The van der Waals surface area contributed by atoms with Gasteiger partial charge >= 0.3 is 6.03 Å². The van der Waals surface area contributed by atoms with Crippen LogP contribution in [0, 0.1) is 11.8 Å². The molecule has 2 aliphatic heterocycles. The predicted octanol–water partition coefficient (Wildman–Crippen LogP) is 1.01. The van der Waals surface area contributed by atoms with Gasteiger partial charge in [-0.15, -0.1) is 0 Å². The molecule has 22 heavy (non-hydrogen) atoms. The number of urea groups is 1. The average molecular weight is 307 g/mol. The van der Waals surface area contributed by atoms with Crippen molar-refractivity contribution in [3.05, 3.63) is 0 Å². The molecular formula is C16H25N3O3. The van der Waals surface area contributed by atoms with Crippen molar-refractivity contribution >= 4 is 17.7 Å². The van der Waals surface area contributed by atoms with Gasteiger partial charge in [0.05, 0.1) is 12.6 Å². The minimum absolute atomic E-state index is 0.0484. The zero-order valence-corrected chi connectivity index (χ0v) is 13.4. The third-order valence-electron chi connectivity index (χ3n) is 5.57. The van der Waals surface area contributed by atoms with Gasteiger partial charge in [-0.05, 0) is 37.6 Å². The maximum Gasteiger partial charge on any atom is 0.327 e. The van der Waals surface area contributed by atoms with E-state index in [-0.39, 0.29) is 42.3 Å². The summed E-state index contributed by atoms with van der Waals surface area (Å²) in [5, 5.41) is 3.13. The van der Waals surface area contributed by atoms with Gasteiger partial charge in [-0.1, -0.05) is 19.8 Å². The highest BCUT2D eigenvalue weighted by molar-refractivity contribution is 6.07. The van der Waals surface area contributed by atoms with Crippen LogP contribution in [-0.4, -0.2) is 59.7 Å². The van der Waals surface area contributed by atoms with Crippen molar-refractivity contribution in [2.75, 3.05) is 20.1 Å². The van der Waals surface area contributed by atoms with E-state index in [4.69, 9.17) is 0 Å². The van der Waals surface area contributed by atoms with E-state index >= 15 is 0 Å². The molecule has 0 aromatic rings. The lowest BCUT2D eigenvalue weighted by atomic mass is 9.89. The molecular weight excluding hydrogens is 282 g/mol. The first-order valence-corrected chi connectivity index (χ1v) is 8.35. The number of likely N-dealkylation sites (N-methyl/N-ethyl adjacent to an activating group) is 1. The molecule has 6 nitrogen and oxygen atoms in total. The molecule has 4 atom stereocenters. The largest absolute Gasteiger partial charge is 0.327 e. The third kappa shape index (κ3) is 2.53. The summed E-state index contributed by atoms with van der Waals surface area (Å²) < 4.78 is 0. The third-order valence-corrected chi connectivity index (χ3v) is 5.57. The molecule has 0 aromatic heterocycles. The van der Waals surface area contributed by atoms with Crippen LogP contribution in [0.4, 0.5) is 4.79 Å². The number of carbonyl (C=O) groups excluding carboxylic acids is 3. The zero-order chi connectivity index (χ0) is 15.9. The van der Waals surface area contributed by atoms with Gasteiger partial charge < -0.3 is 10.2 Å². The smallest absolute Gasteiger partial charge is 0.315 e. The lowest BCUT2D eigenvalue weighted by Gasteiger charge is -2.25. The maximum atomic E-state index is 12.7. The first-order chi connectivity index (χ1) is 10.5. The normalized spacial score (nSPS) is 35.7. The van der Waals surface area contributed by atoms with E-state index in [9.17, 15) is 14.4 Å². The Morgan fingerprint density at radius 3 is 2.59 bits per heavy atom. The zero-order valence-electron chi connectivity index (χ0n) is 13.4. The summed E-state index contributed by atoms with van der Waals surface area (Å²) in [5.41, 5.74) is 0. The van der Waals surface area contributed by atoms with Crippen molar-refractivity contribution in [3.63, 3.8) is 0 Å². The van der Waals surface area contributed by atoms with Crippen molar-refractivity contribution < 1.29 is 14.4 Å². The molecule has 1 N–H and O–H groups in total. The topological polar surface area (TPSA) is 69.7 Å². The van der Waals surface area contributed by atoms with Crippen LogP contribution in [-0.2, 0) is 9.59 Å². The summed E-state index contributed by atoms with van der Waals surface area (Å²) in [6, 6.07) is -0.898. The van der Waals surface area contributed by atoms with Gasteiger partial charge in [-0.2, -0.15) is 0 Å². The number of hydrogen-bond acceptors (Lipinski definition) is 4. The number of rotatable bonds is 4. The first kappa shape index (κ1) is 15.5. The molecule has 1 aliphatic carbocycles. The number of nitrogens with zero attached hydrogens (tertiary/aromatic N) is 2. The molecule has 3 rings (SSSR count). The van der Waals surface area contributed by atoms with Gasteiger partial charge in [-0.3, -0.25) is 14.5 Å². The van der Waals surface area contributed by atoms with Crippen molar-refractivity contribution in [2.45, 2.75) is 51.1 Å².